The molecule has 0 amide bonds. The van der Waals surface area contributed by atoms with Crippen LogP contribution in [0.1, 0.15) is 0 Å². The summed E-state index contributed by atoms with van der Waals surface area (Å²) >= 11 is 12.0. The molecule has 1 aliphatic heterocycles. The molecule has 1 aromatic heterocycles. The molecule has 0 atom stereocenters. The Morgan fingerprint density at radius 2 is 1.74 bits per heavy atom. The minimum Gasteiger partial charge on any atom is -0.338 e. The van der Waals surface area contributed by atoms with Crippen molar-refractivity contribution in [3.8, 4) is 0 Å². The minimum absolute atomic E-state index is 0.525. The molecule has 0 aliphatic carbocycles. The Labute approximate surface area is 121 Å². The van der Waals surface area contributed by atoms with Crippen molar-refractivity contribution in [2.75, 3.05) is 38.1 Å². The van der Waals surface area contributed by atoms with E-state index in [1.54, 1.807) is 18.3 Å². The van der Waals surface area contributed by atoms with Gasteiger partial charge in [0.25, 0.3) is 0 Å². The summed E-state index contributed by atoms with van der Waals surface area (Å²) in [6.07, 6.45) is 1.80. The minimum atomic E-state index is 0.525. The highest BCUT2D eigenvalue weighted by molar-refractivity contribution is 6.42. The van der Waals surface area contributed by atoms with Crippen molar-refractivity contribution in [1.29, 1.82) is 0 Å². The number of aromatic nitrogens is 2. The molecule has 100 valence electrons. The predicted molar refractivity (Wildman–Crippen MR) is 79.3 cm³/mol. The third kappa shape index (κ3) is 2.61. The second kappa shape index (κ2) is 5.12. The fourth-order valence-electron chi connectivity index (χ4n) is 2.17. The van der Waals surface area contributed by atoms with E-state index in [1.807, 2.05) is 0 Å². The Bertz CT molecular complexity index is 609. The lowest BCUT2D eigenvalue weighted by atomic mass is 10.2. The van der Waals surface area contributed by atoms with Gasteiger partial charge in [-0.3, -0.25) is 0 Å². The van der Waals surface area contributed by atoms with Crippen LogP contribution in [0.15, 0.2) is 18.3 Å². The van der Waals surface area contributed by atoms with Crippen LogP contribution in [0.4, 0.5) is 5.95 Å². The molecule has 2 aromatic rings. The van der Waals surface area contributed by atoms with Crippen LogP contribution in [0.25, 0.3) is 10.9 Å². The molecule has 0 radical (unpaired) electrons. The summed E-state index contributed by atoms with van der Waals surface area (Å²) in [4.78, 5) is 13.5. The van der Waals surface area contributed by atoms with Gasteiger partial charge in [0.15, 0.2) is 0 Å². The van der Waals surface area contributed by atoms with Crippen molar-refractivity contribution < 1.29 is 0 Å². The summed E-state index contributed by atoms with van der Waals surface area (Å²) in [5, 5.41) is 1.97. The first-order chi connectivity index (χ1) is 9.13. The SMILES string of the molecule is CN1CCN(c2ncc3cc(Cl)c(Cl)cc3n2)CC1. The maximum Gasteiger partial charge on any atom is 0.225 e. The van der Waals surface area contributed by atoms with Gasteiger partial charge in [-0.15, -0.1) is 0 Å². The number of piperazine rings is 1. The maximum absolute atomic E-state index is 6.03. The van der Waals surface area contributed by atoms with Crippen LogP contribution < -0.4 is 4.90 Å². The van der Waals surface area contributed by atoms with Gasteiger partial charge in [-0.1, -0.05) is 23.2 Å². The van der Waals surface area contributed by atoms with Gasteiger partial charge < -0.3 is 9.80 Å². The Hall–Kier alpha value is -1.10. The van der Waals surface area contributed by atoms with Gasteiger partial charge in [0, 0.05) is 37.8 Å². The van der Waals surface area contributed by atoms with Gasteiger partial charge >= 0.3 is 0 Å². The summed E-state index contributed by atoms with van der Waals surface area (Å²) < 4.78 is 0. The average Bonchev–Trinajstić information content (AvgIpc) is 2.40. The van der Waals surface area contributed by atoms with Gasteiger partial charge in [-0.25, -0.2) is 9.97 Å². The highest BCUT2D eigenvalue weighted by atomic mass is 35.5. The van der Waals surface area contributed by atoms with Crippen LogP contribution in [0, 0.1) is 0 Å². The summed E-state index contributed by atoms with van der Waals surface area (Å²) in [5.74, 6) is 0.763. The van der Waals surface area contributed by atoms with Crippen molar-refractivity contribution in [2.45, 2.75) is 0 Å². The van der Waals surface area contributed by atoms with E-state index in [9.17, 15) is 0 Å². The Morgan fingerprint density at radius 3 is 2.47 bits per heavy atom. The molecule has 0 N–H and O–H groups in total. The van der Waals surface area contributed by atoms with Crippen LogP contribution in [0.3, 0.4) is 0 Å². The Balaban J connectivity index is 1.95. The van der Waals surface area contributed by atoms with Gasteiger partial charge in [0.2, 0.25) is 5.95 Å². The first-order valence-electron chi connectivity index (χ1n) is 6.19. The standard InChI is InChI=1S/C13H14Cl2N4/c1-18-2-4-19(5-3-18)13-16-8-9-6-10(14)11(15)7-12(9)17-13/h6-8H,2-5H2,1H3. The lowest BCUT2D eigenvalue weighted by molar-refractivity contribution is 0.311. The largest absolute Gasteiger partial charge is 0.338 e. The summed E-state index contributed by atoms with van der Waals surface area (Å²) in [6.45, 7) is 3.96. The lowest BCUT2D eigenvalue weighted by Gasteiger charge is -2.32. The molecular weight excluding hydrogens is 283 g/mol. The number of nitrogens with zero attached hydrogens (tertiary/aromatic N) is 4. The number of hydrogen-bond donors (Lipinski definition) is 0. The lowest BCUT2D eigenvalue weighted by Crippen LogP contribution is -2.45. The molecule has 1 aliphatic rings. The van der Waals surface area contributed by atoms with Gasteiger partial charge in [0.1, 0.15) is 0 Å². The van der Waals surface area contributed by atoms with E-state index in [1.165, 1.54) is 0 Å². The van der Waals surface area contributed by atoms with Crippen molar-refractivity contribution in [1.82, 2.24) is 14.9 Å². The number of hydrogen-bond acceptors (Lipinski definition) is 4. The van der Waals surface area contributed by atoms with Crippen LogP contribution in [-0.4, -0.2) is 48.1 Å². The fraction of sp³-hybridized carbons (Fsp3) is 0.385. The van der Waals surface area contributed by atoms with Crippen molar-refractivity contribution >= 4 is 40.1 Å². The zero-order chi connectivity index (χ0) is 13.4. The van der Waals surface area contributed by atoms with E-state index < -0.39 is 0 Å². The van der Waals surface area contributed by atoms with Crippen LogP contribution in [0.2, 0.25) is 10.0 Å². The highest BCUT2D eigenvalue weighted by Crippen LogP contribution is 2.27. The highest BCUT2D eigenvalue weighted by Gasteiger charge is 2.16. The molecule has 0 spiro atoms. The van der Waals surface area contributed by atoms with E-state index in [0.29, 0.717) is 10.0 Å². The Kier molecular flexibility index (Phi) is 3.48. The monoisotopic (exact) mass is 296 g/mol. The number of rotatable bonds is 1. The van der Waals surface area contributed by atoms with Crippen LogP contribution >= 0.6 is 23.2 Å². The van der Waals surface area contributed by atoms with Crippen molar-refractivity contribution in [3.05, 3.63) is 28.4 Å². The van der Waals surface area contributed by atoms with E-state index in [-0.39, 0.29) is 0 Å². The van der Waals surface area contributed by atoms with Gasteiger partial charge in [-0.05, 0) is 19.2 Å². The van der Waals surface area contributed by atoms with E-state index >= 15 is 0 Å². The van der Waals surface area contributed by atoms with Crippen molar-refractivity contribution in [2.24, 2.45) is 0 Å². The zero-order valence-electron chi connectivity index (χ0n) is 10.6. The normalized spacial score (nSPS) is 17.1. The molecule has 1 fully saturated rings. The molecule has 3 rings (SSSR count). The molecular formula is C13H14Cl2N4. The molecule has 6 heteroatoms. The quantitative estimate of drug-likeness (QED) is 0.810. The number of benzene rings is 1. The average molecular weight is 297 g/mol. The fourth-order valence-corrected chi connectivity index (χ4v) is 2.50. The van der Waals surface area contributed by atoms with Crippen LogP contribution in [0.5, 0.6) is 0 Å². The molecule has 2 heterocycles. The molecule has 1 aromatic carbocycles. The van der Waals surface area contributed by atoms with Crippen LogP contribution in [-0.2, 0) is 0 Å². The van der Waals surface area contributed by atoms with E-state index in [0.717, 1.165) is 43.0 Å². The summed E-state index contributed by atoms with van der Waals surface area (Å²) in [7, 11) is 2.13. The van der Waals surface area contributed by atoms with E-state index in [2.05, 4.69) is 26.8 Å². The number of fused-ring (bicyclic) bond motifs is 1. The van der Waals surface area contributed by atoms with Gasteiger partial charge in [0.05, 0.1) is 15.6 Å². The maximum atomic E-state index is 6.03. The molecule has 0 saturated carbocycles. The summed E-state index contributed by atoms with van der Waals surface area (Å²) in [6, 6.07) is 3.59. The van der Waals surface area contributed by atoms with E-state index in [4.69, 9.17) is 23.2 Å². The molecule has 0 unspecified atom stereocenters. The third-order valence-corrected chi connectivity index (χ3v) is 4.12. The first kappa shape index (κ1) is 12.9. The Morgan fingerprint density at radius 1 is 1.05 bits per heavy atom. The number of likely N-dealkylation sites (N-methyl/N-ethyl adjacent to an activating group) is 1. The first-order valence-corrected chi connectivity index (χ1v) is 6.94. The van der Waals surface area contributed by atoms with Gasteiger partial charge in [-0.2, -0.15) is 0 Å². The summed E-state index contributed by atoms with van der Waals surface area (Å²) in [5.41, 5.74) is 0.832. The molecule has 0 bridgehead atoms. The number of halogens is 2. The zero-order valence-corrected chi connectivity index (χ0v) is 12.1. The van der Waals surface area contributed by atoms with Crippen molar-refractivity contribution in [3.63, 3.8) is 0 Å². The molecule has 4 nitrogen and oxygen atoms in total. The predicted octanol–water partition coefficient (Wildman–Crippen LogP) is 2.69. The second-order valence-corrected chi connectivity index (χ2v) is 5.60. The molecule has 19 heavy (non-hydrogen) atoms. The second-order valence-electron chi connectivity index (χ2n) is 4.79. The topological polar surface area (TPSA) is 32.3 Å². The number of anilines is 1. The molecule has 1 saturated heterocycles. The third-order valence-electron chi connectivity index (χ3n) is 3.40. The smallest absolute Gasteiger partial charge is 0.225 e.